The second-order valence-electron chi connectivity index (χ2n) is 11.5. The van der Waals surface area contributed by atoms with E-state index in [1.165, 1.54) is 36.3 Å². The summed E-state index contributed by atoms with van der Waals surface area (Å²) in [5, 5.41) is 2.95. The maximum absolute atomic E-state index is 14.5. The molecule has 0 fully saturated rings. The second kappa shape index (κ2) is 15.5. The van der Waals surface area contributed by atoms with Gasteiger partial charge in [-0.05, 0) is 72.5 Å². The fraction of sp³-hybridized carbons (Fsp3) is 0.278. The van der Waals surface area contributed by atoms with Crippen LogP contribution in [0.4, 0.5) is 10.1 Å². The summed E-state index contributed by atoms with van der Waals surface area (Å²) >= 11 is 0. The van der Waals surface area contributed by atoms with Crippen molar-refractivity contribution in [2.24, 2.45) is 5.92 Å². The Morgan fingerprint density at radius 1 is 0.848 bits per heavy atom. The highest BCUT2D eigenvalue weighted by Gasteiger charge is 2.34. The first-order valence-electron chi connectivity index (χ1n) is 15.1. The van der Waals surface area contributed by atoms with Crippen molar-refractivity contribution >= 4 is 27.5 Å². The van der Waals surface area contributed by atoms with Crippen LogP contribution in [0.2, 0.25) is 0 Å². The zero-order valence-corrected chi connectivity index (χ0v) is 27.3. The van der Waals surface area contributed by atoms with E-state index in [0.717, 1.165) is 15.4 Å². The van der Waals surface area contributed by atoms with Crippen molar-refractivity contribution in [3.8, 4) is 5.75 Å². The number of methoxy groups -OCH3 is 1. The van der Waals surface area contributed by atoms with Gasteiger partial charge in [0.05, 0.1) is 17.7 Å². The lowest BCUT2D eigenvalue weighted by atomic mass is 10.0. The first-order valence-corrected chi connectivity index (χ1v) is 16.5. The number of sulfonamides is 1. The van der Waals surface area contributed by atoms with Gasteiger partial charge in [0, 0.05) is 19.5 Å². The summed E-state index contributed by atoms with van der Waals surface area (Å²) in [7, 11) is -2.73. The van der Waals surface area contributed by atoms with Gasteiger partial charge in [-0.3, -0.25) is 13.9 Å². The Bertz CT molecular complexity index is 1700. The van der Waals surface area contributed by atoms with Crippen molar-refractivity contribution in [3.05, 3.63) is 126 Å². The number of hydrogen-bond acceptors (Lipinski definition) is 5. The van der Waals surface area contributed by atoms with E-state index in [9.17, 15) is 22.4 Å². The lowest BCUT2D eigenvalue weighted by molar-refractivity contribution is -0.140. The lowest BCUT2D eigenvalue weighted by Gasteiger charge is -2.34. The average Bonchev–Trinajstić information content (AvgIpc) is 3.05. The minimum atomic E-state index is -4.23. The van der Waals surface area contributed by atoms with Gasteiger partial charge in [-0.2, -0.15) is 0 Å². The van der Waals surface area contributed by atoms with E-state index in [1.54, 1.807) is 48.5 Å². The Hall–Kier alpha value is -4.70. The summed E-state index contributed by atoms with van der Waals surface area (Å²) < 4.78 is 48.4. The summed E-state index contributed by atoms with van der Waals surface area (Å²) in [5.74, 6) is -0.730. The maximum Gasteiger partial charge on any atom is 0.264 e. The van der Waals surface area contributed by atoms with Crippen molar-refractivity contribution in [2.75, 3.05) is 24.5 Å². The molecule has 46 heavy (non-hydrogen) atoms. The smallest absolute Gasteiger partial charge is 0.264 e. The van der Waals surface area contributed by atoms with Crippen molar-refractivity contribution in [1.29, 1.82) is 0 Å². The molecule has 8 nitrogen and oxygen atoms in total. The number of rotatable bonds is 14. The normalized spacial score (nSPS) is 12.0. The van der Waals surface area contributed by atoms with E-state index in [4.69, 9.17) is 4.74 Å². The molecule has 4 aromatic rings. The molecule has 2 amide bonds. The number of carbonyl (C=O) groups excluding carboxylic acids is 2. The number of hydrogen-bond donors (Lipinski definition) is 1. The van der Waals surface area contributed by atoms with Gasteiger partial charge in [0.2, 0.25) is 11.8 Å². The summed E-state index contributed by atoms with van der Waals surface area (Å²) in [6.45, 7) is 5.54. The highest BCUT2D eigenvalue weighted by molar-refractivity contribution is 7.92. The summed E-state index contributed by atoms with van der Waals surface area (Å²) in [6.07, 6.45) is 0.185. The minimum Gasteiger partial charge on any atom is -0.497 e. The second-order valence-corrected chi connectivity index (χ2v) is 13.4. The SMILES string of the molecule is COc1ccc(N(CC(=O)N(Cc2ccc(F)cc2)[C@H](Cc2ccccc2)C(=O)NCC(C)C)S(=O)(=O)c2ccc(C)cc2)cc1. The van der Waals surface area contributed by atoms with E-state index in [0.29, 0.717) is 17.9 Å². The third kappa shape index (κ3) is 8.94. The number of anilines is 1. The Morgan fingerprint density at radius 3 is 2.07 bits per heavy atom. The molecule has 0 aliphatic rings. The van der Waals surface area contributed by atoms with Gasteiger partial charge in [0.1, 0.15) is 24.2 Å². The monoisotopic (exact) mass is 645 g/mol. The van der Waals surface area contributed by atoms with Gasteiger partial charge in [-0.1, -0.05) is 74.0 Å². The maximum atomic E-state index is 14.5. The van der Waals surface area contributed by atoms with Crippen LogP contribution < -0.4 is 14.4 Å². The molecule has 1 atom stereocenters. The Kier molecular flexibility index (Phi) is 11.5. The number of nitrogens with zero attached hydrogens (tertiary/aromatic N) is 2. The Balaban J connectivity index is 1.79. The van der Waals surface area contributed by atoms with Crippen LogP contribution in [0.15, 0.2) is 108 Å². The molecule has 242 valence electrons. The van der Waals surface area contributed by atoms with E-state index < -0.39 is 34.3 Å². The largest absolute Gasteiger partial charge is 0.497 e. The Morgan fingerprint density at radius 2 is 1.48 bits per heavy atom. The minimum absolute atomic E-state index is 0.0160. The molecular formula is C36H40FN3O5S. The highest BCUT2D eigenvalue weighted by Crippen LogP contribution is 2.27. The Labute approximate surface area is 270 Å². The molecule has 0 unspecified atom stereocenters. The standard InChI is InChI=1S/C36H40FN3O5S/c1-26(2)23-38-36(42)34(22-28-8-6-5-7-9-28)39(24-29-12-14-30(37)15-13-29)35(41)25-40(31-16-18-32(45-4)19-17-31)46(43,44)33-20-10-27(3)11-21-33/h5-21,26,34H,22-25H2,1-4H3,(H,38,42)/t34-/m1/s1. The van der Waals surface area contributed by atoms with Gasteiger partial charge in [0.15, 0.2) is 0 Å². The molecule has 0 spiro atoms. The molecule has 0 aliphatic carbocycles. The number of halogens is 1. The van der Waals surface area contributed by atoms with Crippen LogP contribution in [0.25, 0.3) is 0 Å². The van der Waals surface area contributed by atoms with Gasteiger partial charge in [-0.25, -0.2) is 12.8 Å². The topological polar surface area (TPSA) is 96.0 Å². The molecule has 4 aromatic carbocycles. The van der Waals surface area contributed by atoms with Crippen LogP contribution in [0.3, 0.4) is 0 Å². The van der Waals surface area contributed by atoms with Crippen LogP contribution in [-0.4, -0.2) is 51.4 Å². The summed E-state index contributed by atoms with van der Waals surface area (Å²) in [5.41, 5.74) is 2.54. The van der Waals surface area contributed by atoms with Crippen LogP contribution in [0.1, 0.15) is 30.5 Å². The van der Waals surface area contributed by atoms with E-state index in [1.807, 2.05) is 51.1 Å². The number of amides is 2. The number of ether oxygens (including phenoxy) is 1. The molecule has 4 rings (SSSR count). The molecule has 0 radical (unpaired) electrons. The summed E-state index contributed by atoms with van der Waals surface area (Å²) in [6, 6.07) is 26.7. The van der Waals surface area contributed by atoms with Gasteiger partial charge in [0.25, 0.3) is 10.0 Å². The van der Waals surface area contributed by atoms with Crippen LogP contribution in [-0.2, 0) is 32.6 Å². The molecule has 10 heteroatoms. The number of carbonyl (C=O) groups is 2. The van der Waals surface area contributed by atoms with E-state index >= 15 is 0 Å². The van der Waals surface area contributed by atoms with Crippen molar-refractivity contribution in [3.63, 3.8) is 0 Å². The van der Waals surface area contributed by atoms with Gasteiger partial charge in [-0.15, -0.1) is 0 Å². The van der Waals surface area contributed by atoms with E-state index in [-0.39, 0.29) is 35.4 Å². The van der Waals surface area contributed by atoms with Crippen molar-refractivity contribution in [2.45, 2.75) is 44.7 Å². The van der Waals surface area contributed by atoms with Crippen molar-refractivity contribution < 1.29 is 27.1 Å². The quantitative estimate of drug-likeness (QED) is 0.189. The zero-order chi connectivity index (χ0) is 33.3. The molecule has 1 N–H and O–H groups in total. The fourth-order valence-electron chi connectivity index (χ4n) is 4.88. The molecule has 0 heterocycles. The third-order valence-corrected chi connectivity index (χ3v) is 9.26. The van der Waals surface area contributed by atoms with Crippen LogP contribution in [0, 0.1) is 18.7 Å². The van der Waals surface area contributed by atoms with E-state index in [2.05, 4.69) is 5.32 Å². The first-order chi connectivity index (χ1) is 22.0. The molecule has 0 saturated carbocycles. The van der Waals surface area contributed by atoms with Gasteiger partial charge < -0.3 is 15.0 Å². The predicted octanol–water partition coefficient (Wildman–Crippen LogP) is 5.75. The summed E-state index contributed by atoms with van der Waals surface area (Å²) in [4.78, 5) is 29.7. The number of benzene rings is 4. The zero-order valence-electron chi connectivity index (χ0n) is 26.5. The van der Waals surface area contributed by atoms with Crippen molar-refractivity contribution in [1.82, 2.24) is 10.2 Å². The van der Waals surface area contributed by atoms with Crippen LogP contribution in [0.5, 0.6) is 5.75 Å². The third-order valence-electron chi connectivity index (χ3n) is 7.47. The molecular weight excluding hydrogens is 605 g/mol. The van der Waals surface area contributed by atoms with Crippen LogP contribution >= 0.6 is 0 Å². The molecule has 0 aromatic heterocycles. The van der Waals surface area contributed by atoms with Gasteiger partial charge >= 0.3 is 0 Å². The molecule has 0 aliphatic heterocycles. The molecule has 0 bridgehead atoms. The lowest BCUT2D eigenvalue weighted by Crippen LogP contribution is -2.53. The molecule has 0 saturated heterocycles. The average molecular weight is 646 g/mol. The highest BCUT2D eigenvalue weighted by atomic mass is 32.2. The predicted molar refractivity (Wildman–Crippen MR) is 177 cm³/mol. The number of nitrogens with one attached hydrogen (secondary N) is 1. The first kappa shape index (κ1) is 34.2. The number of aryl methyl sites for hydroxylation is 1. The fourth-order valence-corrected chi connectivity index (χ4v) is 6.29.